The number of aromatic nitrogens is 2. The first-order chi connectivity index (χ1) is 12.9. The van der Waals surface area contributed by atoms with Crippen molar-refractivity contribution in [3.63, 3.8) is 0 Å². The van der Waals surface area contributed by atoms with Gasteiger partial charge in [-0.1, -0.05) is 43.7 Å². The summed E-state index contributed by atoms with van der Waals surface area (Å²) in [5.74, 6) is 0.839. The summed E-state index contributed by atoms with van der Waals surface area (Å²) in [6, 6.07) is 14.9. The average molecular weight is 364 g/mol. The van der Waals surface area contributed by atoms with E-state index < -0.39 is 4.92 Å². The summed E-state index contributed by atoms with van der Waals surface area (Å²) >= 11 is 0. The molecule has 0 aliphatic heterocycles. The Morgan fingerprint density at radius 2 is 1.70 bits per heavy atom. The van der Waals surface area contributed by atoms with Gasteiger partial charge < -0.3 is 10.1 Å². The van der Waals surface area contributed by atoms with Gasteiger partial charge in [0.1, 0.15) is 12.1 Å². The Labute approximate surface area is 157 Å². The van der Waals surface area contributed by atoms with Gasteiger partial charge in [0.25, 0.3) is 0 Å². The molecule has 1 heterocycles. The van der Waals surface area contributed by atoms with Crippen LogP contribution in [0.1, 0.15) is 30.9 Å². The molecule has 0 aliphatic rings. The van der Waals surface area contributed by atoms with Crippen LogP contribution in [-0.2, 0) is 0 Å². The van der Waals surface area contributed by atoms with Gasteiger partial charge in [0.2, 0.25) is 5.82 Å². The summed E-state index contributed by atoms with van der Waals surface area (Å²) < 4.78 is 5.62. The molecule has 0 fully saturated rings. The smallest absolute Gasteiger partial charge is 0.373 e. The maximum Gasteiger partial charge on any atom is 0.373 e. The van der Waals surface area contributed by atoms with E-state index in [9.17, 15) is 10.1 Å². The Morgan fingerprint density at radius 1 is 1.04 bits per heavy atom. The van der Waals surface area contributed by atoms with Crippen LogP contribution in [0.4, 0.5) is 17.2 Å². The molecule has 0 amide bonds. The van der Waals surface area contributed by atoms with Gasteiger partial charge in [-0.15, -0.1) is 0 Å². The van der Waals surface area contributed by atoms with Crippen LogP contribution >= 0.6 is 0 Å². The van der Waals surface area contributed by atoms with Crippen molar-refractivity contribution in [1.82, 2.24) is 9.97 Å². The van der Waals surface area contributed by atoms with Crippen LogP contribution in [0.5, 0.6) is 11.6 Å². The summed E-state index contributed by atoms with van der Waals surface area (Å²) in [5.41, 5.74) is 2.63. The molecule has 0 spiro atoms. The third-order valence-corrected chi connectivity index (χ3v) is 4.05. The molecule has 7 heteroatoms. The average Bonchev–Trinajstić information content (AvgIpc) is 2.64. The highest BCUT2D eigenvalue weighted by Crippen LogP contribution is 2.35. The highest BCUT2D eigenvalue weighted by molar-refractivity contribution is 5.68. The van der Waals surface area contributed by atoms with E-state index in [-0.39, 0.29) is 17.4 Å². The molecule has 0 atom stereocenters. The number of hydrogen-bond acceptors (Lipinski definition) is 6. The van der Waals surface area contributed by atoms with Crippen LogP contribution < -0.4 is 10.1 Å². The first-order valence-corrected chi connectivity index (χ1v) is 8.55. The normalized spacial score (nSPS) is 10.7. The zero-order chi connectivity index (χ0) is 19.4. The molecule has 3 aromatic rings. The number of rotatable bonds is 6. The number of nitrogens with one attached hydrogen (secondary N) is 1. The summed E-state index contributed by atoms with van der Waals surface area (Å²) in [4.78, 5) is 19.0. The Hall–Kier alpha value is -3.48. The number of anilines is 2. The third kappa shape index (κ3) is 4.38. The predicted molar refractivity (Wildman–Crippen MR) is 104 cm³/mol. The van der Waals surface area contributed by atoms with E-state index in [4.69, 9.17) is 4.74 Å². The van der Waals surface area contributed by atoms with Crippen LogP contribution in [0, 0.1) is 17.0 Å². The van der Waals surface area contributed by atoms with Crippen LogP contribution in [0.25, 0.3) is 0 Å². The van der Waals surface area contributed by atoms with E-state index >= 15 is 0 Å². The van der Waals surface area contributed by atoms with E-state index in [2.05, 4.69) is 29.1 Å². The van der Waals surface area contributed by atoms with Crippen LogP contribution in [0.15, 0.2) is 54.9 Å². The van der Waals surface area contributed by atoms with Crippen molar-refractivity contribution in [2.75, 3.05) is 5.32 Å². The molecule has 0 saturated heterocycles. The lowest BCUT2D eigenvalue weighted by atomic mass is 10.0. The molecule has 2 aromatic carbocycles. The summed E-state index contributed by atoms with van der Waals surface area (Å²) in [5, 5.41) is 14.6. The van der Waals surface area contributed by atoms with Crippen LogP contribution in [-0.4, -0.2) is 14.9 Å². The maximum absolute atomic E-state index is 11.6. The fourth-order valence-electron chi connectivity index (χ4n) is 2.50. The zero-order valence-corrected chi connectivity index (χ0v) is 15.3. The lowest BCUT2D eigenvalue weighted by Crippen LogP contribution is -2.03. The minimum atomic E-state index is -0.547. The molecule has 0 radical (unpaired) electrons. The van der Waals surface area contributed by atoms with Gasteiger partial charge in [0.15, 0.2) is 0 Å². The van der Waals surface area contributed by atoms with Crippen molar-refractivity contribution in [2.24, 2.45) is 0 Å². The fraction of sp³-hybridized carbons (Fsp3) is 0.200. The van der Waals surface area contributed by atoms with E-state index in [1.807, 2.05) is 43.3 Å². The Bertz CT molecular complexity index is 938. The number of nitrogens with zero attached hydrogens (tertiary/aromatic N) is 3. The second kappa shape index (κ2) is 7.82. The molecule has 3 rings (SSSR count). The number of hydrogen-bond donors (Lipinski definition) is 1. The van der Waals surface area contributed by atoms with Crippen molar-refractivity contribution in [3.8, 4) is 11.6 Å². The van der Waals surface area contributed by atoms with Crippen molar-refractivity contribution in [1.29, 1.82) is 0 Å². The zero-order valence-electron chi connectivity index (χ0n) is 15.3. The van der Waals surface area contributed by atoms with Crippen molar-refractivity contribution < 1.29 is 9.66 Å². The molecule has 27 heavy (non-hydrogen) atoms. The van der Waals surface area contributed by atoms with Gasteiger partial charge >= 0.3 is 11.6 Å². The number of nitro groups is 1. The summed E-state index contributed by atoms with van der Waals surface area (Å²) in [6.45, 7) is 6.16. The highest BCUT2D eigenvalue weighted by atomic mass is 16.6. The van der Waals surface area contributed by atoms with E-state index in [1.165, 1.54) is 11.9 Å². The minimum absolute atomic E-state index is 0.0782. The van der Waals surface area contributed by atoms with Crippen LogP contribution in [0.2, 0.25) is 0 Å². The Balaban J connectivity index is 1.91. The molecule has 0 unspecified atom stereocenters. The molecule has 0 bridgehead atoms. The molecular weight excluding hydrogens is 344 g/mol. The van der Waals surface area contributed by atoms with Gasteiger partial charge in [0.05, 0.1) is 4.92 Å². The lowest BCUT2D eigenvalue weighted by Gasteiger charge is -2.11. The Morgan fingerprint density at radius 3 is 2.30 bits per heavy atom. The standard InChI is InChI=1S/C20H20N4O3/c1-13(2)15-6-8-16(9-7-15)23-19-18(24(25)26)20(22-12-21-19)27-17-10-4-14(3)5-11-17/h4-13H,1-3H3,(H,21,22,23). The monoisotopic (exact) mass is 364 g/mol. The molecule has 1 aromatic heterocycles. The highest BCUT2D eigenvalue weighted by Gasteiger charge is 2.25. The van der Waals surface area contributed by atoms with Gasteiger partial charge in [-0.3, -0.25) is 10.1 Å². The van der Waals surface area contributed by atoms with E-state index in [1.54, 1.807) is 12.1 Å². The molecule has 0 saturated carbocycles. The topological polar surface area (TPSA) is 90.2 Å². The van der Waals surface area contributed by atoms with E-state index in [0.29, 0.717) is 17.4 Å². The van der Waals surface area contributed by atoms with Gasteiger partial charge in [-0.05, 0) is 42.7 Å². The first-order valence-electron chi connectivity index (χ1n) is 8.55. The van der Waals surface area contributed by atoms with Crippen LogP contribution in [0.3, 0.4) is 0 Å². The molecule has 0 aliphatic carbocycles. The van der Waals surface area contributed by atoms with Gasteiger partial charge in [0, 0.05) is 5.69 Å². The quantitative estimate of drug-likeness (QED) is 0.468. The van der Waals surface area contributed by atoms with Crippen molar-refractivity contribution in [2.45, 2.75) is 26.7 Å². The van der Waals surface area contributed by atoms with Gasteiger partial charge in [-0.2, -0.15) is 4.98 Å². The second-order valence-corrected chi connectivity index (χ2v) is 6.45. The number of benzene rings is 2. The fourth-order valence-corrected chi connectivity index (χ4v) is 2.50. The number of aryl methyl sites for hydroxylation is 1. The van der Waals surface area contributed by atoms with Crippen molar-refractivity contribution >= 4 is 17.2 Å². The first kappa shape index (κ1) is 18.3. The molecule has 1 N–H and O–H groups in total. The lowest BCUT2D eigenvalue weighted by molar-refractivity contribution is -0.385. The summed E-state index contributed by atoms with van der Waals surface area (Å²) in [7, 11) is 0. The summed E-state index contributed by atoms with van der Waals surface area (Å²) in [6.07, 6.45) is 1.24. The SMILES string of the molecule is Cc1ccc(Oc2ncnc(Nc3ccc(C(C)C)cc3)c2[N+](=O)[O-])cc1. The molecule has 7 nitrogen and oxygen atoms in total. The van der Waals surface area contributed by atoms with Gasteiger partial charge in [-0.25, -0.2) is 4.98 Å². The predicted octanol–water partition coefficient (Wildman–Crippen LogP) is 5.35. The van der Waals surface area contributed by atoms with E-state index in [0.717, 1.165) is 5.56 Å². The van der Waals surface area contributed by atoms with Crippen molar-refractivity contribution in [3.05, 3.63) is 76.1 Å². The second-order valence-electron chi connectivity index (χ2n) is 6.45. The number of ether oxygens (including phenoxy) is 1. The molecule has 138 valence electrons. The Kier molecular flexibility index (Phi) is 5.30. The maximum atomic E-state index is 11.6. The molecular formula is C20H20N4O3. The minimum Gasteiger partial charge on any atom is -0.434 e. The third-order valence-electron chi connectivity index (χ3n) is 4.05. The largest absolute Gasteiger partial charge is 0.434 e.